The predicted octanol–water partition coefficient (Wildman–Crippen LogP) is 3.14. The molecule has 0 saturated carbocycles. The van der Waals surface area contributed by atoms with Gasteiger partial charge in [-0.3, -0.25) is 4.79 Å². The number of benzene rings is 2. The molecule has 0 radical (unpaired) electrons. The van der Waals surface area contributed by atoms with Crippen LogP contribution in [0.5, 0.6) is 0 Å². The molecule has 0 spiro atoms. The number of rotatable bonds is 3. The van der Waals surface area contributed by atoms with Crippen molar-refractivity contribution in [3.05, 3.63) is 70.5 Å². The minimum Gasteiger partial charge on any atom is -0.317 e. The maximum atomic E-state index is 13.8. The van der Waals surface area contributed by atoms with Gasteiger partial charge in [0.2, 0.25) is 5.82 Å². The zero-order valence-electron chi connectivity index (χ0n) is 12.0. The Kier molecular flexibility index (Phi) is 4.07. The molecule has 0 aromatic heterocycles. The van der Waals surface area contributed by atoms with E-state index in [9.17, 15) is 31.5 Å². The van der Waals surface area contributed by atoms with Crippen molar-refractivity contribution in [2.45, 2.75) is 0 Å². The summed E-state index contributed by atoms with van der Waals surface area (Å²) in [6.45, 7) is 0. The van der Waals surface area contributed by atoms with Gasteiger partial charge in [0.05, 0.1) is 5.56 Å². The van der Waals surface area contributed by atoms with Gasteiger partial charge in [-0.15, -0.1) is 0 Å². The Bertz CT molecular complexity index is 898. The molecule has 0 bridgehead atoms. The third-order valence-electron chi connectivity index (χ3n) is 3.53. The van der Waals surface area contributed by atoms with Crippen LogP contribution in [0.3, 0.4) is 0 Å². The molecule has 2 aromatic carbocycles. The lowest BCUT2D eigenvalue weighted by Crippen LogP contribution is -2.30. The highest BCUT2D eigenvalue weighted by atomic mass is 19.2. The second-order valence-corrected chi connectivity index (χ2v) is 5.00. The molecule has 0 N–H and O–H groups in total. The molecule has 1 unspecified atom stereocenters. The molecule has 25 heavy (non-hydrogen) atoms. The first kappa shape index (κ1) is 16.7. The smallest absolute Gasteiger partial charge is 0.317 e. The van der Waals surface area contributed by atoms with E-state index in [1.165, 1.54) is 24.3 Å². The summed E-state index contributed by atoms with van der Waals surface area (Å²) in [7, 11) is 0. The number of halogens is 5. The molecule has 1 atom stereocenters. The quantitative estimate of drug-likeness (QED) is 0.212. The van der Waals surface area contributed by atoms with Crippen molar-refractivity contribution in [1.82, 2.24) is 0 Å². The Hall–Kier alpha value is -3.10. The highest BCUT2D eigenvalue weighted by Crippen LogP contribution is 2.29. The molecule has 3 rings (SSSR count). The summed E-state index contributed by atoms with van der Waals surface area (Å²) in [5, 5.41) is 3.38. The maximum absolute atomic E-state index is 13.8. The van der Waals surface area contributed by atoms with E-state index in [1.807, 2.05) is 0 Å². The molecule has 1 aliphatic rings. The van der Waals surface area contributed by atoms with E-state index >= 15 is 0 Å². The Morgan fingerprint density at radius 2 is 1.40 bits per heavy atom. The first-order chi connectivity index (χ1) is 11.8. The monoisotopic (exact) mass is 355 g/mol. The summed E-state index contributed by atoms with van der Waals surface area (Å²) in [6, 6.07) is 7.53. The lowest BCUT2D eigenvalue weighted by atomic mass is 9.89. The van der Waals surface area contributed by atoms with Gasteiger partial charge in [0.1, 0.15) is 5.71 Å². The molecular weight excluding hydrogens is 349 g/mol. The van der Waals surface area contributed by atoms with Gasteiger partial charge in [-0.1, -0.05) is 35.5 Å². The topological polar surface area (TPSA) is 55.7 Å². The van der Waals surface area contributed by atoms with E-state index in [2.05, 4.69) is 9.99 Å². The van der Waals surface area contributed by atoms with Gasteiger partial charge in [-0.2, -0.15) is 0 Å². The van der Waals surface area contributed by atoms with Crippen LogP contribution in [0.2, 0.25) is 0 Å². The number of nitrogens with zero attached hydrogens (tertiary/aromatic N) is 1. The summed E-state index contributed by atoms with van der Waals surface area (Å²) in [5.74, 6) is -16.5. The van der Waals surface area contributed by atoms with E-state index in [0.29, 0.717) is 0 Å². The van der Waals surface area contributed by atoms with E-state index in [-0.39, 0.29) is 11.3 Å². The van der Waals surface area contributed by atoms with Crippen molar-refractivity contribution in [2.24, 2.45) is 11.1 Å². The summed E-state index contributed by atoms with van der Waals surface area (Å²) in [6.07, 6.45) is 0. The molecule has 0 saturated heterocycles. The van der Waals surface area contributed by atoms with Crippen molar-refractivity contribution < 1.29 is 36.4 Å². The van der Waals surface area contributed by atoms with Crippen LogP contribution in [0.25, 0.3) is 0 Å². The zero-order valence-corrected chi connectivity index (χ0v) is 12.0. The maximum Gasteiger partial charge on any atom is 0.351 e. The lowest BCUT2D eigenvalue weighted by molar-refractivity contribution is -0.142. The highest BCUT2D eigenvalue weighted by molar-refractivity contribution is 6.29. The number of Topliss-reactive ketones (excluding diaryl/α,β-unsaturated/α-hetero) is 1. The van der Waals surface area contributed by atoms with Gasteiger partial charge in [0.25, 0.3) is 0 Å². The first-order valence-electron chi connectivity index (χ1n) is 6.74. The van der Waals surface area contributed by atoms with Gasteiger partial charge < -0.3 is 4.84 Å². The molecule has 0 aliphatic carbocycles. The van der Waals surface area contributed by atoms with E-state index in [0.717, 1.165) is 0 Å². The van der Waals surface area contributed by atoms with Crippen LogP contribution < -0.4 is 0 Å². The van der Waals surface area contributed by atoms with E-state index in [1.54, 1.807) is 6.07 Å². The molecule has 4 nitrogen and oxygen atoms in total. The van der Waals surface area contributed by atoms with Crippen LogP contribution in [0, 0.1) is 35.0 Å². The Morgan fingerprint density at radius 3 is 1.96 bits per heavy atom. The summed E-state index contributed by atoms with van der Waals surface area (Å²) >= 11 is 0. The highest BCUT2D eigenvalue weighted by Gasteiger charge is 2.43. The normalized spacial score (nSPS) is 16.6. The second kappa shape index (κ2) is 6.08. The number of hydrogen-bond acceptors (Lipinski definition) is 4. The molecule has 1 aliphatic heterocycles. The van der Waals surface area contributed by atoms with Crippen LogP contribution in [-0.4, -0.2) is 17.5 Å². The molecule has 9 heteroatoms. The van der Waals surface area contributed by atoms with E-state index < -0.39 is 52.3 Å². The summed E-state index contributed by atoms with van der Waals surface area (Å²) in [5.41, 5.74) is -1.79. The molecule has 0 amide bonds. The molecule has 0 fully saturated rings. The van der Waals surface area contributed by atoms with Crippen molar-refractivity contribution in [1.29, 1.82) is 0 Å². The SMILES string of the molecule is O=C1ON=C(c2ccccc2)C1C(=O)c1c(F)c(F)c(F)c(F)c1F. The zero-order chi connectivity index (χ0) is 18.3. The lowest BCUT2D eigenvalue weighted by Gasteiger charge is -2.11. The fourth-order valence-corrected chi connectivity index (χ4v) is 2.34. The summed E-state index contributed by atoms with van der Waals surface area (Å²) in [4.78, 5) is 28.5. The predicted molar refractivity (Wildman–Crippen MR) is 73.1 cm³/mol. The number of ketones is 1. The summed E-state index contributed by atoms with van der Waals surface area (Å²) < 4.78 is 67.4. The van der Waals surface area contributed by atoms with Gasteiger partial charge in [-0.25, -0.2) is 26.7 Å². The van der Waals surface area contributed by atoms with Gasteiger partial charge >= 0.3 is 5.97 Å². The molecule has 1 heterocycles. The molecular formula is C16H6F5NO3. The standard InChI is InChI=1S/C16H6F5NO3/c17-9-7(10(18)12(20)13(21)11(9)19)15(23)8-14(22-25-16(8)24)6-4-2-1-3-5-6/h1-5,8H. The molecule has 128 valence electrons. The second-order valence-electron chi connectivity index (χ2n) is 5.00. The van der Waals surface area contributed by atoms with Crippen molar-refractivity contribution >= 4 is 17.5 Å². The third-order valence-corrected chi connectivity index (χ3v) is 3.53. The minimum absolute atomic E-state index is 0.218. The van der Waals surface area contributed by atoms with Gasteiger partial charge in [0.15, 0.2) is 35.0 Å². The average molecular weight is 355 g/mol. The first-order valence-corrected chi connectivity index (χ1v) is 6.74. The molecule has 2 aromatic rings. The van der Waals surface area contributed by atoms with Crippen LogP contribution in [0.1, 0.15) is 15.9 Å². The van der Waals surface area contributed by atoms with Crippen LogP contribution >= 0.6 is 0 Å². The van der Waals surface area contributed by atoms with Crippen LogP contribution in [0.4, 0.5) is 22.0 Å². The Balaban J connectivity index is 2.12. The van der Waals surface area contributed by atoms with Crippen molar-refractivity contribution in [3.8, 4) is 0 Å². The fraction of sp³-hybridized carbons (Fsp3) is 0.0625. The van der Waals surface area contributed by atoms with Crippen molar-refractivity contribution in [2.75, 3.05) is 0 Å². The number of hydrogen-bond donors (Lipinski definition) is 0. The van der Waals surface area contributed by atoms with Gasteiger partial charge in [0, 0.05) is 5.56 Å². The minimum atomic E-state index is -2.41. The number of carbonyl (C=O) groups excluding carboxylic acids is 2. The Morgan fingerprint density at radius 1 is 0.880 bits per heavy atom. The number of oxime groups is 1. The van der Waals surface area contributed by atoms with Gasteiger partial charge in [-0.05, 0) is 0 Å². The number of carbonyl (C=O) groups is 2. The van der Waals surface area contributed by atoms with Crippen LogP contribution in [-0.2, 0) is 9.63 Å². The third kappa shape index (κ3) is 2.57. The van der Waals surface area contributed by atoms with Crippen molar-refractivity contribution in [3.63, 3.8) is 0 Å². The largest absolute Gasteiger partial charge is 0.351 e. The average Bonchev–Trinajstić information content (AvgIpc) is 3.00. The Labute approximate surface area is 136 Å². The fourth-order valence-electron chi connectivity index (χ4n) is 2.34. The van der Waals surface area contributed by atoms with E-state index in [4.69, 9.17) is 0 Å². The van der Waals surface area contributed by atoms with Crippen LogP contribution in [0.15, 0.2) is 35.5 Å².